The maximum atomic E-state index is 12.0. The summed E-state index contributed by atoms with van der Waals surface area (Å²) in [6.07, 6.45) is 7.95. The average molecular weight is 375 g/mol. The monoisotopic (exact) mass is 375 g/mol. The second-order valence-electron chi connectivity index (χ2n) is 7.85. The summed E-state index contributed by atoms with van der Waals surface area (Å²) in [5.41, 5.74) is 0.402. The third-order valence-electron chi connectivity index (χ3n) is 5.45. The first-order valence-electron chi connectivity index (χ1n) is 9.65. The Morgan fingerprint density at radius 2 is 2.04 bits per heavy atom. The largest absolute Gasteiger partial charge is 0.495 e. The van der Waals surface area contributed by atoms with Crippen molar-refractivity contribution in [3.8, 4) is 5.75 Å². The molecule has 6 heteroatoms. The first-order valence-corrected chi connectivity index (χ1v) is 9.65. The zero-order valence-corrected chi connectivity index (χ0v) is 16.6. The van der Waals surface area contributed by atoms with Crippen LogP contribution in [0.1, 0.15) is 64.1 Å². The Labute approximate surface area is 160 Å². The highest BCUT2D eigenvalue weighted by Crippen LogP contribution is 2.48. The van der Waals surface area contributed by atoms with Gasteiger partial charge in [-0.2, -0.15) is 0 Å². The van der Waals surface area contributed by atoms with Crippen LogP contribution in [0.3, 0.4) is 0 Å². The summed E-state index contributed by atoms with van der Waals surface area (Å²) in [5.74, 6) is -0.452. The molecule has 27 heavy (non-hydrogen) atoms. The molecule has 1 unspecified atom stereocenters. The lowest BCUT2D eigenvalue weighted by molar-refractivity contribution is -0.209. The van der Waals surface area contributed by atoms with Crippen molar-refractivity contribution < 1.29 is 24.1 Å². The molecule has 2 aliphatic rings. The highest BCUT2D eigenvalue weighted by atomic mass is 16.7. The number of hydrogen-bond donors (Lipinski definition) is 1. The normalized spacial score (nSPS) is 21.8. The SMILES string of the molecule is CCc1cc(C(O)(CC2=CC(=O)OC(C)(C)O2)C2CCCC2)c(OC)cn1. The molecule has 148 valence electrons. The van der Waals surface area contributed by atoms with Gasteiger partial charge >= 0.3 is 5.97 Å². The van der Waals surface area contributed by atoms with Crippen molar-refractivity contribution in [2.45, 2.75) is 70.7 Å². The number of aromatic nitrogens is 1. The van der Waals surface area contributed by atoms with E-state index in [0.29, 0.717) is 17.1 Å². The fourth-order valence-corrected chi connectivity index (χ4v) is 4.17. The second kappa shape index (κ2) is 7.50. The number of cyclic esters (lactones) is 1. The minimum atomic E-state index is -1.20. The lowest BCUT2D eigenvalue weighted by Crippen LogP contribution is -2.39. The Morgan fingerprint density at radius 3 is 2.63 bits per heavy atom. The summed E-state index contributed by atoms with van der Waals surface area (Å²) in [6, 6.07) is 1.92. The molecular weight excluding hydrogens is 346 g/mol. The quantitative estimate of drug-likeness (QED) is 0.765. The van der Waals surface area contributed by atoms with Gasteiger partial charge in [0.05, 0.1) is 19.4 Å². The molecule has 1 atom stereocenters. The van der Waals surface area contributed by atoms with Crippen LogP contribution in [0.4, 0.5) is 0 Å². The fourth-order valence-electron chi connectivity index (χ4n) is 4.17. The molecule has 0 bridgehead atoms. The van der Waals surface area contributed by atoms with E-state index >= 15 is 0 Å². The minimum Gasteiger partial charge on any atom is -0.495 e. The molecule has 0 saturated heterocycles. The van der Waals surface area contributed by atoms with Crippen LogP contribution in [0.2, 0.25) is 0 Å². The number of esters is 1. The van der Waals surface area contributed by atoms with Crippen LogP contribution in [0, 0.1) is 5.92 Å². The summed E-state index contributed by atoms with van der Waals surface area (Å²) in [6.45, 7) is 5.40. The molecule has 1 aliphatic heterocycles. The molecule has 1 aromatic rings. The average Bonchev–Trinajstić information content (AvgIpc) is 3.14. The number of methoxy groups -OCH3 is 1. The van der Waals surface area contributed by atoms with E-state index in [0.717, 1.165) is 37.8 Å². The van der Waals surface area contributed by atoms with Gasteiger partial charge in [0.1, 0.15) is 17.1 Å². The number of hydrogen-bond acceptors (Lipinski definition) is 6. The van der Waals surface area contributed by atoms with Crippen LogP contribution < -0.4 is 4.74 Å². The summed E-state index contributed by atoms with van der Waals surface area (Å²) in [5, 5.41) is 11.9. The van der Waals surface area contributed by atoms with Gasteiger partial charge < -0.3 is 19.3 Å². The summed E-state index contributed by atoms with van der Waals surface area (Å²) in [4.78, 5) is 16.4. The Hall–Kier alpha value is -2.08. The van der Waals surface area contributed by atoms with E-state index in [4.69, 9.17) is 14.2 Å². The third-order valence-corrected chi connectivity index (χ3v) is 5.45. The van der Waals surface area contributed by atoms with Gasteiger partial charge in [0.25, 0.3) is 0 Å². The van der Waals surface area contributed by atoms with Crippen LogP contribution in [0.5, 0.6) is 5.75 Å². The highest BCUT2D eigenvalue weighted by molar-refractivity contribution is 5.83. The van der Waals surface area contributed by atoms with Gasteiger partial charge in [0, 0.05) is 31.5 Å². The first-order chi connectivity index (χ1) is 12.8. The minimum absolute atomic E-state index is 0.0593. The van der Waals surface area contributed by atoms with Gasteiger partial charge in [0.15, 0.2) is 0 Å². The van der Waals surface area contributed by atoms with Crippen LogP contribution in [0.25, 0.3) is 0 Å². The first kappa shape index (κ1) is 19.7. The topological polar surface area (TPSA) is 77.9 Å². The Bertz CT molecular complexity index is 736. The van der Waals surface area contributed by atoms with Crippen molar-refractivity contribution in [1.82, 2.24) is 4.98 Å². The van der Waals surface area contributed by atoms with E-state index in [-0.39, 0.29) is 12.3 Å². The number of carbonyl (C=O) groups is 1. The lowest BCUT2D eigenvalue weighted by atomic mass is 9.76. The van der Waals surface area contributed by atoms with Crippen molar-refractivity contribution in [2.24, 2.45) is 5.92 Å². The molecule has 0 amide bonds. The molecule has 2 heterocycles. The molecule has 1 aromatic heterocycles. The lowest BCUT2D eigenvalue weighted by Gasteiger charge is -2.39. The van der Waals surface area contributed by atoms with Gasteiger partial charge in [-0.25, -0.2) is 4.79 Å². The van der Waals surface area contributed by atoms with E-state index in [2.05, 4.69) is 4.98 Å². The highest BCUT2D eigenvalue weighted by Gasteiger charge is 2.45. The van der Waals surface area contributed by atoms with E-state index < -0.39 is 17.4 Å². The van der Waals surface area contributed by atoms with Gasteiger partial charge in [0.2, 0.25) is 5.79 Å². The Morgan fingerprint density at radius 1 is 1.33 bits per heavy atom. The third kappa shape index (κ3) is 4.10. The Kier molecular flexibility index (Phi) is 5.47. The molecule has 0 radical (unpaired) electrons. The number of aryl methyl sites for hydroxylation is 1. The number of nitrogens with zero attached hydrogens (tertiary/aromatic N) is 1. The van der Waals surface area contributed by atoms with Gasteiger partial charge in [-0.05, 0) is 31.2 Å². The molecule has 0 aromatic carbocycles. The number of aliphatic hydroxyl groups is 1. The van der Waals surface area contributed by atoms with Crippen LogP contribution in [-0.4, -0.2) is 29.0 Å². The summed E-state index contributed by atoms with van der Waals surface area (Å²) < 4.78 is 16.6. The summed E-state index contributed by atoms with van der Waals surface area (Å²) >= 11 is 0. The summed E-state index contributed by atoms with van der Waals surface area (Å²) in [7, 11) is 1.58. The van der Waals surface area contributed by atoms with Crippen LogP contribution in [-0.2, 0) is 26.3 Å². The van der Waals surface area contributed by atoms with Crippen LogP contribution >= 0.6 is 0 Å². The number of rotatable bonds is 6. The molecule has 1 saturated carbocycles. The molecule has 1 N–H and O–H groups in total. The van der Waals surface area contributed by atoms with E-state index in [1.54, 1.807) is 27.2 Å². The van der Waals surface area contributed by atoms with E-state index in [9.17, 15) is 9.90 Å². The Balaban J connectivity index is 2.04. The van der Waals surface area contributed by atoms with Crippen molar-refractivity contribution >= 4 is 5.97 Å². The fraction of sp³-hybridized carbons (Fsp3) is 0.619. The molecule has 6 nitrogen and oxygen atoms in total. The zero-order chi connectivity index (χ0) is 19.7. The number of pyridine rings is 1. The van der Waals surface area contributed by atoms with Crippen molar-refractivity contribution in [2.75, 3.05) is 7.11 Å². The van der Waals surface area contributed by atoms with E-state index in [1.807, 2.05) is 13.0 Å². The zero-order valence-electron chi connectivity index (χ0n) is 16.6. The molecule has 0 spiro atoms. The van der Waals surface area contributed by atoms with Crippen molar-refractivity contribution in [1.29, 1.82) is 0 Å². The number of ether oxygens (including phenoxy) is 3. The second-order valence-corrected chi connectivity index (χ2v) is 7.85. The van der Waals surface area contributed by atoms with Gasteiger partial charge in [-0.15, -0.1) is 0 Å². The van der Waals surface area contributed by atoms with Crippen molar-refractivity contribution in [3.63, 3.8) is 0 Å². The predicted molar refractivity (Wildman–Crippen MR) is 100.0 cm³/mol. The standard InChI is InChI=1S/C21H29NO5/c1-5-15-10-17(18(25-4)13-22-15)21(24,14-8-6-7-9-14)12-16-11-19(23)27-20(2,3)26-16/h10-11,13-14,24H,5-9,12H2,1-4H3. The van der Waals surface area contributed by atoms with Crippen molar-refractivity contribution in [3.05, 3.63) is 35.4 Å². The molecule has 1 aliphatic carbocycles. The maximum Gasteiger partial charge on any atom is 0.337 e. The van der Waals surface area contributed by atoms with E-state index in [1.165, 1.54) is 6.08 Å². The van der Waals surface area contributed by atoms with Gasteiger partial charge in [-0.3, -0.25) is 4.98 Å². The predicted octanol–water partition coefficient (Wildman–Crippen LogP) is 3.61. The molecule has 3 rings (SSSR count). The maximum absolute atomic E-state index is 12.0. The molecular formula is C21H29NO5. The van der Waals surface area contributed by atoms with Crippen LogP contribution in [0.15, 0.2) is 24.1 Å². The molecule has 1 fully saturated rings. The smallest absolute Gasteiger partial charge is 0.337 e. The van der Waals surface area contributed by atoms with Gasteiger partial charge in [-0.1, -0.05) is 19.8 Å². The number of carbonyl (C=O) groups excluding carboxylic acids is 1.